The fraction of sp³-hybridized carbons (Fsp3) is 0.318. The number of fused-ring (bicyclic) bond motifs is 1. The first-order valence-electron chi connectivity index (χ1n) is 9.13. The molecular weight excluding hydrogens is 376 g/mol. The van der Waals surface area contributed by atoms with Crippen LogP contribution in [0.3, 0.4) is 0 Å². The van der Waals surface area contributed by atoms with Gasteiger partial charge in [-0.25, -0.2) is 4.79 Å². The van der Waals surface area contributed by atoms with Gasteiger partial charge in [0.05, 0.1) is 7.11 Å². The molecule has 0 aliphatic carbocycles. The second-order valence-corrected chi connectivity index (χ2v) is 7.48. The van der Waals surface area contributed by atoms with Gasteiger partial charge < -0.3 is 19.4 Å². The summed E-state index contributed by atoms with van der Waals surface area (Å²) in [6.07, 6.45) is 0. The molecule has 0 fully saturated rings. The minimum Gasteiger partial charge on any atom is -0.497 e. The zero-order valence-corrected chi connectivity index (χ0v) is 17.3. The molecule has 1 atom stereocenters. The predicted octanol–water partition coefficient (Wildman–Crippen LogP) is 4.16. The lowest BCUT2D eigenvalue weighted by Gasteiger charge is -2.25. The normalized spacial score (nSPS) is 12.5. The summed E-state index contributed by atoms with van der Waals surface area (Å²) in [4.78, 5) is 14.1. The van der Waals surface area contributed by atoms with Crippen molar-refractivity contribution in [3.05, 3.63) is 74.6 Å². The molecule has 0 bridgehead atoms. The van der Waals surface area contributed by atoms with Gasteiger partial charge in [0.15, 0.2) is 0 Å². The molecule has 3 aromatic rings. The van der Waals surface area contributed by atoms with Gasteiger partial charge in [-0.15, -0.1) is 0 Å². The number of nitrogens with zero attached hydrogens (tertiary/aromatic N) is 1. The minimum atomic E-state index is -0.358. The molecule has 3 rings (SSSR count). The second kappa shape index (κ2) is 8.78. The molecule has 0 saturated carbocycles. The van der Waals surface area contributed by atoms with E-state index < -0.39 is 0 Å². The van der Waals surface area contributed by atoms with Crippen LogP contribution in [0.2, 0.25) is 5.02 Å². The van der Waals surface area contributed by atoms with Crippen molar-refractivity contribution in [3.8, 4) is 5.75 Å². The van der Waals surface area contributed by atoms with Gasteiger partial charge in [-0.3, -0.25) is 0 Å². The Labute approximate surface area is 169 Å². The number of hydrogen-bond acceptors (Lipinski definition) is 5. The van der Waals surface area contributed by atoms with Crippen molar-refractivity contribution in [3.63, 3.8) is 0 Å². The summed E-state index contributed by atoms with van der Waals surface area (Å²) in [5.74, 6) is 0.834. The van der Waals surface area contributed by atoms with E-state index in [1.807, 2.05) is 45.3 Å². The zero-order valence-electron chi connectivity index (χ0n) is 16.6. The number of nitrogens with one attached hydrogen (secondary N) is 1. The highest BCUT2D eigenvalue weighted by molar-refractivity contribution is 6.32. The Hall–Kier alpha value is -2.34. The van der Waals surface area contributed by atoms with Crippen molar-refractivity contribution in [1.29, 1.82) is 0 Å². The Balaban J connectivity index is 1.81. The smallest absolute Gasteiger partial charge is 0.336 e. The number of likely N-dealkylation sites (N-methyl/N-ethyl adjacent to an activating group) is 1. The van der Waals surface area contributed by atoms with E-state index in [4.69, 9.17) is 20.8 Å². The minimum absolute atomic E-state index is 0.160. The van der Waals surface area contributed by atoms with Crippen molar-refractivity contribution in [1.82, 2.24) is 10.2 Å². The Morgan fingerprint density at radius 2 is 2.00 bits per heavy atom. The van der Waals surface area contributed by atoms with Crippen molar-refractivity contribution >= 4 is 22.6 Å². The number of halogens is 1. The maximum absolute atomic E-state index is 11.9. The van der Waals surface area contributed by atoms with Crippen LogP contribution in [0.4, 0.5) is 0 Å². The molecule has 1 heterocycles. The summed E-state index contributed by atoms with van der Waals surface area (Å²) in [7, 11) is 5.75. The fourth-order valence-corrected chi connectivity index (χ4v) is 3.45. The first-order valence-corrected chi connectivity index (χ1v) is 9.51. The van der Waals surface area contributed by atoms with Crippen LogP contribution in [-0.2, 0) is 6.54 Å². The molecule has 0 spiro atoms. The van der Waals surface area contributed by atoms with Crippen LogP contribution in [0, 0.1) is 6.92 Å². The molecule has 5 nitrogen and oxygen atoms in total. The van der Waals surface area contributed by atoms with Crippen LogP contribution in [0.1, 0.15) is 22.7 Å². The van der Waals surface area contributed by atoms with Gasteiger partial charge in [0, 0.05) is 35.6 Å². The third-order valence-electron chi connectivity index (χ3n) is 4.86. The van der Waals surface area contributed by atoms with E-state index in [0.29, 0.717) is 23.7 Å². The number of methoxy groups -OCH3 is 1. The SMILES string of the molecule is COc1cccc([C@H](CNCc2cc(=O)oc3cc(C)c(Cl)cc23)N(C)C)c1. The van der Waals surface area contributed by atoms with Crippen LogP contribution < -0.4 is 15.7 Å². The van der Waals surface area contributed by atoms with E-state index in [2.05, 4.69) is 16.3 Å². The maximum atomic E-state index is 11.9. The van der Waals surface area contributed by atoms with Gasteiger partial charge in [0.25, 0.3) is 0 Å². The lowest BCUT2D eigenvalue weighted by atomic mass is 10.0. The molecule has 2 aromatic carbocycles. The molecule has 0 aliphatic rings. The molecule has 6 heteroatoms. The van der Waals surface area contributed by atoms with Crippen LogP contribution in [0.25, 0.3) is 11.0 Å². The summed E-state index contributed by atoms with van der Waals surface area (Å²) in [5, 5.41) is 4.98. The Morgan fingerprint density at radius 3 is 2.71 bits per heavy atom. The molecule has 0 radical (unpaired) electrons. The summed E-state index contributed by atoms with van der Waals surface area (Å²) in [6, 6.07) is 13.4. The molecule has 1 aromatic heterocycles. The van der Waals surface area contributed by atoms with E-state index in [9.17, 15) is 4.79 Å². The average Bonchev–Trinajstić information content (AvgIpc) is 2.66. The molecule has 0 aliphatic heterocycles. The van der Waals surface area contributed by atoms with Gasteiger partial charge in [0.2, 0.25) is 0 Å². The molecular formula is C22H25ClN2O3. The predicted molar refractivity (Wildman–Crippen MR) is 113 cm³/mol. The summed E-state index contributed by atoms with van der Waals surface area (Å²) in [5.41, 5.74) is 3.11. The second-order valence-electron chi connectivity index (χ2n) is 7.08. The van der Waals surface area contributed by atoms with Crippen molar-refractivity contribution < 1.29 is 9.15 Å². The molecule has 0 unspecified atom stereocenters. The Kier molecular flexibility index (Phi) is 6.39. The van der Waals surface area contributed by atoms with Gasteiger partial charge in [-0.2, -0.15) is 0 Å². The number of benzene rings is 2. The highest BCUT2D eigenvalue weighted by Gasteiger charge is 2.15. The Bertz CT molecular complexity index is 1030. The lowest BCUT2D eigenvalue weighted by molar-refractivity contribution is 0.287. The highest BCUT2D eigenvalue weighted by Crippen LogP contribution is 2.26. The van der Waals surface area contributed by atoms with Crippen LogP contribution >= 0.6 is 11.6 Å². The van der Waals surface area contributed by atoms with Crippen LogP contribution in [0.15, 0.2) is 51.7 Å². The Morgan fingerprint density at radius 1 is 1.21 bits per heavy atom. The van der Waals surface area contributed by atoms with Gasteiger partial charge >= 0.3 is 5.63 Å². The monoisotopic (exact) mass is 400 g/mol. The molecule has 1 N–H and O–H groups in total. The standard InChI is InChI=1S/C22H25ClN2O3/c1-14-8-21-18(11-19(14)23)16(10-22(26)28-21)12-24-13-20(25(2)3)15-6-5-7-17(9-15)27-4/h5-11,20,24H,12-13H2,1-4H3/t20-/m0/s1. The molecule has 0 saturated heterocycles. The number of hydrogen-bond donors (Lipinski definition) is 1. The van der Waals surface area contributed by atoms with E-state index in [1.165, 1.54) is 6.07 Å². The van der Waals surface area contributed by atoms with Crippen molar-refractivity contribution in [2.24, 2.45) is 0 Å². The summed E-state index contributed by atoms with van der Waals surface area (Å²) >= 11 is 6.28. The van der Waals surface area contributed by atoms with Gasteiger partial charge in [-0.05, 0) is 62.0 Å². The summed E-state index contributed by atoms with van der Waals surface area (Å²) in [6.45, 7) is 3.14. The van der Waals surface area contributed by atoms with Gasteiger partial charge in [-0.1, -0.05) is 23.7 Å². The third-order valence-corrected chi connectivity index (χ3v) is 5.27. The van der Waals surface area contributed by atoms with Crippen molar-refractivity contribution in [2.75, 3.05) is 27.7 Å². The fourth-order valence-electron chi connectivity index (χ4n) is 3.29. The van der Waals surface area contributed by atoms with E-state index in [1.54, 1.807) is 13.2 Å². The van der Waals surface area contributed by atoms with Crippen LogP contribution in [0.5, 0.6) is 5.75 Å². The highest BCUT2D eigenvalue weighted by atomic mass is 35.5. The first-order chi connectivity index (χ1) is 13.4. The van der Waals surface area contributed by atoms with Crippen molar-refractivity contribution in [2.45, 2.75) is 19.5 Å². The number of aryl methyl sites for hydroxylation is 1. The zero-order chi connectivity index (χ0) is 20.3. The molecule has 28 heavy (non-hydrogen) atoms. The topological polar surface area (TPSA) is 54.7 Å². The quantitative estimate of drug-likeness (QED) is 0.603. The van der Waals surface area contributed by atoms with Crippen LogP contribution in [-0.4, -0.2) is 32.6 Å². The van der Waals surface area contributed by atoms with Gasteiger partial charge in [0.1, 0.15) is 11.3 Å². The van der Waals surface area contributed by atoms with E-state index in [0.717, 1.165) is 27.8 Å². The summed E-state index contributed by atoms with van der Waals surface area (Å²) < 4.78 is 10.7. The third kappa shape index (κ3) is 4.55. The van der Waals surface area contributed by atoms with E-state index >= 15 is 0 Å². The maximum Gasteiger partial charge on any atom is 0.336 e. The first kappa shape index (κ1) is 20.4. The number of ether oxygens (including phenoxy) is 1. The van der Waals surface area contributed by atoms with E-state index in [-0.39, 0.29) is 11.7 Å². The lowest BCUT2D eigenvalue weighted by Crippen LogP contribution is -2.31. The number of rotatable bonds is 7. The molecule has 0 amide bonds. The average molecular weight is 401 g/mol. The largest absolute Gasteiger partial charge is 0.497 e. The molecule has 148 valence electrons.